The number of hydrogen-bond donors (Lipinski definition) is 1. The quantitative estimate of drug-likeness (QED) is 0.738. The van der Waals surface area contributed by atoms with Gasteiger partial charge < -0.3 is 14.4 Å². The minimum atomic E-state index is -0.518. The van der Waals surface area contributed by atoms with E-state index in [4.69, 9.17) is 9.31 Å². The second-order valence-corrected chi connectivity index (χ2v) is 8.89. The van der Waals surface area contributed by atoms with Crippen LogP contribution < -0.4 is 5.46 Å². The number of phenols is 1. The fraction of sp³-hybridized carbons (Fsp3) is 0.417. The SMILES string of the molecule is CC1(C)OB(c2cc(C3=CCCCC3)cc(O)c2-c2ccccc2)OC1(C)C. The summed E-state index contributed by atoms with van der Waals surface area (Å²) in [6, 6.07) is 14.0. The van der Waals surface area contributed by atoms with Crippen molar-refractivity contribution in [3.8, 4) is 16.9 Å². The lowest BCUT2D eigenvalue weighted by molar-refractivity contribution is 0.00578. The summed E-state index contributed by atoms with van der Waals surface area (Å²) in [6.07, 6.45) is 6.88. The van der Waals surface area contributed by atoms with E-state index in [0.29, 0.717) is 0 Å². The molecule has 28 heavy (non-hydrogen) atoms. The van der Waals surface area contributed by atoms with Crippen molar-refractivity contribution in [1.82, 2.24) is 0 Å². The molecule has 0 unspecified atom stereocenters. The average Bonchev–Trinajstić information content (AvgIpc) is 2.90. The van der Waals surface area contributed by atoms with Gasteiger partial charge in [0.25, 0.3) is 0 Å². The Hall–Kier alpha value is -2.04. The van der Waals surface area contributed by atoms with Gasteiger partial charge in [0, 0.05) is 5.56 Å². The number of phenolic OH excluding ortho intramolecular Hbond substituents is 1. The molecule has 2 aromatic carbocycles. The normalized spacial score (nSPS) is 20.9. The Morgan fingerprint density at radius 2 is 1.57 bits per heavy atom. The zero-order valence-corrected chi connectivity index (χ0v) is 17.3. The number of allylic oxidation sites excluding steroid dienone is 2. The Kier molecular flexibility index (Phi) is 4.89. The summed E-state index contributed by atoms with van der Waals surface area (Å²) in [6.45, 7) is 8.23. The zero-order valence-electron chi connectivity index (χ0n) is 17.3. The summed E-state index contributed by atoms with van der Waals surface area (Å²) < 4.78 is 12.7. The van der Waals surface area contributed by atoms with Crippen LogP contribution in [0.4, 0.5) is 0 Å². The van der Waals surface area contributed by atoms with Gasteiger partial charge >= 0.3 is 7.12 Å². The zero-order chi connectivity index (χ0) is 19.9. The third kappa shape index (κ3) is 3.40. The molecule has 2 aromatic rings. The molecule has 0 saturated carbocycles. The lowest BCUT2D eigenvalue weighted by Gasteiger charge is -2.32. The second-order valence-electron chi connectivity index (χ2n) is 8.89. The number of hydrogen-bond acceptors (Lipinski definition) is 3. The van der Waals surface area contributed by atoms with Crippen LogP contribution in [0.2, 0.25) is 0 Å². The van der Waals surface area contributed by atoms with Crippen molar-refractivity contribution in [2.75, 3.05) is 0 Å². The van der Waals surface area contributed by atoms with Gasteiger partial charge in [-0.1, -0.05) is 42.5 Å². The van der Waals surface area contributed by atoms with Gasteiger partial charge in [-0.2, -0.15) is 0 Å². The molecule has 0 bridgehead atoms. The minimum absolute atomic E-state index is 0.278. The molecule has 0 amide bonds. The van der Waals surface area contributed by atoms with Crippen molar-refractivity contribution in [1.29, 1.82) is 0 Å². The molecule has 1 aliphatic carbocycles. The molecule has 146 valence electrons. The van der Waals surface area contributed by atoms with Crippen LogP contribution in [0.1, 0.15) is 58.9 Å². The molecule has 0 aromatic heterocycles. The molecule has 1 heterocycles. The van der Waals surface area contributed by atoms with Gasteiger partial charge in [0.2, 0.25) is 0 Å². The van der Waals surface area contributed by atoms with Crippen LogP contribution >= 0.6 is 0 Å². The number of aromatic hydroxyl groups is 1. The molecule has 2 aliphatic rings. The summed E-state index contributed by atoms with van der Waals surface area (Å²) >= 11 is 0. The summed E-state index contributed by atoms with van der Waals surface area (Å²) in [5.74, 6) is 0.278. The topological polar surface area (TPSA) is 38.7 Å². The van der Waals surface area contributed by atoms with E-state index < -0.39 is 18.3 Å². The standard InChI is InChI=1S/C24H29BO3/c1-23(2)24(3,4)28-25(27-23)20-15-19(17-11-7-5-8-12-17)16-21(26)22(20)18-13-9-6-10-14-18/h6,9-11,13-16,26H,5,7-8,12H2,1-4H3. The van der Waals surface area contributed by atoms with Crippen LogP contribution in [0.25, 0.3) is 16.7 Å². The highest BCUT2D eigenvalue weighted by molar-refractivity contribution is 6.64. The maximum Gasteiger partial charge on any atom is 0.495 e. The molecule has 0 radical (unpaired) electrons. The van der Waals surface area contributed by atoms with E-state index in [-0.39, 0.29) is 5.75 Å². The van der Waals surface area contributed by atoms with Crippen LogP contribution in [-0.2, 0) is 9.31 Å². The average molecular weight is 376 g/mol. The fourth-order valence-electron chi connectivity index (χ4n) is 4.01. The first-order chi connectivity index (χ1) is 13.3. The molecule has 3 nitrogen and oxygen atoms in total. The highest BCUT2D eigenvalue weighted by Crippen LogP contribution is 2.40. The maximum absolute atomic E-state index is 11.0. The first-order valence-electron chi connectivity index (χ1n) is 10.3. The molecule has 4 heteroatoms. The van der Waals surface area contributed by atoms with E-state index in [1.165, 1.54) is 18.4 Å². The molecule has 1 saturated heterocycles. The summed E-state index contributed by atoms with van der Waals surface area (Å²) in [7, 11) is -0.518. The van der Waals surface area contributed by atoms with Gasteiger partial charge in [0.15, 0.2) is 0 Å². The largest absolute Gasteiger partial charge is 0.507 e. The predicted molar refractivity (Wildman–Crippen MR) is 116 cm³/mol. The van der Waals surface area contributed by atoms with Gasteiger partial charge in [-0.3, -0.25) is 0 Å². The van der Waals surface area contributed by atoms with E-state index in [1.807, 2.05) is 36.4 Å². The van der Waals surface area contributed by atoms with Crippen molar-refractivity contribution in [2.24, 2.45) is 0 Å². The smallest absolute Gasteiger partial charge is 0.495 e. The number of benzene rings is 2. The lowest BCUT2D eigenvalue weighted by atomic mass is 9.72. The van der Waals surface area contributed by atoms with E-state index in [1.54, 1.807) is 0 Å². The Labute approximate surface area is 168 Å². The Bertz CT molecular complexity index is 884. The van der Waals surface area contributed by atoms with Crippen LogP contribution in [-0.4, -0.2) is 23.4 Å². The van der Waals surface area contributed by atoms with Crippen molar-refractivity contribution in [3.05, 3.63) is 54.1 Å². The van der Waals surface area contributed by atoms with Gasteiger partial charge in [-0.25, -0.2) is 0 Å². The molecule has 1 aliphatic heterocycles. The third-order valence-electron chi connectivity index (χ3n) is 6.38. The van der Waals surface area contributed by atoms with Crippen molar-refractivity contribution < 1.29 is 14.4 Å². The van der Waals surface area contributed by atoms with Crippen molar-refractivity contribution in [2.45, 2.75) is 64.6 Å². The van der Waals surface area contributed by atoms with E-state index in [9.17, 15) is 5.11 Å². The van der Waals surface area contributed by atoms with Crippen molar-refractivity contribution in [3.63, 3.8) is 0 Å². The maximum atomic E-state index is 11.0. The highest BCUT2D eigenvalue weighted by Gasteiger charge is 2.52. The first kappa shape index (κ1) is 19.3. The number of rotatable bonds is 3. The Balaban J connectivity index is 1.86. The fourth-order valence-corrected chi connectivity index (χ4v) is 4.01. The lowest BCUT2D eigenvalue weighted by Crippen LogP contribution is -2.41. The van der Waals surface area contributed by atoms with Gasteiger partial charge in [0.05, 0.1) is 11.2 Å². The van der Waals surface area contributed by atoms with Crippen LogP contribution in [0.3, 0.4) is 0 Å². The molecule has 4 rings (SSSR count). The van der Waals surface area contributed by atoms with Gasteiger partial charge in [-0.15, -0.1) is 0 Å². The first-order valence-corrected chi connectivity index (χ1v) is 10.3. The van der Waals surface area contributed by atoms with Crippen LogP contribution in [0.15, 0.2) is 48.5 Å². The monoisotopic (exact) mass is 376 g/mol. The van der Waals surface area contributed by atoms with Crippen molar-refractivity contribution >= 4 is 18.2 Å². The highest BCUT2D eigenvalue weighted by atomic mass is 16.7. The van der Waals surface area contributed by atoms with Gasteiger partial charge in [0.1, 0.15) is 5.75 Å². The van der Waals surface area contributed by atoms with Crippen LogP contribution in [0.5, 0.6) is 5.75 Å². The Morgan fingerprint density at radius 3 is 2.18 bits per heavy atom. The Morgan fingerprint density at radius 1 is 0.893 bits per heavy atom. The molecule has 1 N–H and O–H groups in total. The molecule has 0 spiro atoms. The summed E-state index contributed by atoms with van der Waals surface area (Å²) in [4.78, 5) is 0. The van der Waals surface area contributed by atoms with E-state index >= 15 is 0 Å². The summed E-state index contributed by atoms with van der Waals surface area (Å²) in [5, 5.41) is 11.0. The molecule has 0 atom stereocenters. The summed E-state index contributed by atoms with van der Waals surface area (Å²) in [5.41, 5.74) is 4.17. The van der Waals surface area contributed by atoms with Crippen LogP contribution in [0, 0.1) is 0 Å². The second kappa shape index (κ2) is 7.09. The minimum Gasteiger partial charge on any atom is -0.507 e. The van der Waals surface area contributed by atoms with E-state index in [2.05, 4.69) is 39.8 Å². The van der Waals surface area contributed by atoms with E-state index in [0.717, 1.165) is 35.0 Å². The van der Waals surface area contributed by atoms with Gasteiger partial charge in [-0.05, 0) is 81.6 Å². The molecular weight excluding hydrogens is 347 g/mol. The predicted octanol–water partition coefficient (Wildman–Crippen LogP) is 5.32. The molecule has 1 fully saturated rings. The molecular formula is C24H29BO3. The third-order valence-corrected chi connectivity index (χ3v) is 6.38.